The maximum atomic E-state index is 2.50. The topological polar surface area (TPSA) is 3.24 Å². The summed E-state index contributed by atoms with van der Waals surface area (Å²) in [6, 6.07) is 89.9. The van der Waals surface area contributed by atoms with Crippen molar-refractivity contribution in [2.75, 3.05) is 4.90 Å². The van der Waals surface area contributed by atoms with Gasteiger partial charge in [-0.1, -0.05) is 212 Å². The van der Waals surface area contributed by atoms with Crippen LogP contribution in [0.3, 0.4) is 0 Å². The van der Waals surface area contributed by atoms with Gasteiger partial charge in [0.2, 0.25) is 0 Å². The van der Waals surface area contributed by atoms with Crippen molar-refractivity contribution in [3.05, 3.63) is 282 Å². The van der Waals surface area contributed by atoms with Crippen molar-refractivity contribution in [2.45, 2.75) is 17.8 Å². The number of rotatable bonds is 7. The highest BCUT2D eigenvalue weighted by Gasteiger charge is 2.47. The number of hydrogen-bond acceptors (Lipinski definition) is 1. The minimum absolute atomic E-state index is 0.257. The van der Waals surface area contributed by atoms with Crippen LogP contribution in [-0.2, 0) is 10.8 Å². The van der Waals surface area contributed by atoms with E-state index in [0.29, 0.717) is 0 Å². The molecular weight excluding hydrogens is 747 g/mol. The molecule has 0 bridgehead atoms. The fraction of sp³-hybridized carbons (Fsp3) is 0.0492. The molecule has 2 aliphatic carbocycles. The predicted molar refractivity (Wildman–Crippen MR) is 259 cm³/mol. The van der Waals surface area contributed by atoms with Crippen LogP contribution in [0.5, 0.6) is 0 Å². The maximum absolute atomic E-state index is 2.50. The van der Waals surface area contributed by atoms with Gasteiger partial charge in [-0.15, -0.1) is 0 Å². The summed E-state index contributed by atoms with van der Waals surface area (Å²) in [6.07, 6.45) is 0. The van der Waals surface area contributed by atoms with Gasteiger partial charge in [0.1, 0.15) is 0 Å². The Bertz CT molecular complexity index is 3250. The van der Waals surface area contributed by atoms with Gasteiger partial charge in [0.25, 0.3) is 0 Å². The van der Waals surface area contributed by atoms with E-state index in [1.54, 1.807) is 0 Å². The molecule has 1 unspecified atom stereocenters. The highest BCUT2D eigenvalue weighted by atomic mass is 15.1. The van der Waals surface area contributed by atoms with E-state index >= 15 is 0 Å². The Morgan fingerprint density at radius 1 is 0.339 bits per heavy atom. The van der Waals surface area contributed by atoms with E-state index < -0.39 is 5.41 Å². The second-order valence-electron chi connectivity index (χ2n) is 16.9. The molecule has 62 heavy (non-hydrogen) atoms. The van der Waals surface area contributed by atoms with Crippen LogP contribution in [0.25, 0.3) is 44.2 Å². The third-order valence-electron chi connectivity index (χ3n) is 13.8. The molecule has 1 heteroatoms. The third kappa shape index (κ3) is 5.22. The van der Waals surface area contributed by atoms with E-state index in [4.69, 9.17) is 0 Å². The zero-order valence-corrected chi connectivity index (χ0v) is 34.5. The first-order valence-electron chi connectivity index (χ1n) is 21.7. The molecule has 0 radical (unpaired) electrons. The lowest BCUT2D eigenvalue weighted by Gasteiger charge is -2.34. The number of anilines is 3. The Kier molecular flexibility index (Phi) is 8.27. The fourth-order valence-corrected chi connectivity index (χ4v) is 11.0. The summed E-state index contributed by atoms with van der Waals surface area (Å²) in [5.74, 6) is 0. The quantitative estimate of drug-likeness (QED) is 0.155. The van der Waals surface area contributed by atoms with Crippen molar-refractivity contribution in [2.24, 2.45) is 0 Å². The highest BCUT2D eigenvalue weighted by Crippen LogP contribution is 2.60. The van der Waals surface area contributed by atoms with Gasteiger partial charge in [0.15, 0.2) is 0 Å². The van der Waals surface area contributed by atoms with E-state index in [1.807, 2.05) is 0 Å². The van der Waals surface area contributed by atoms with Crippen molar-refractivity contribution in [1.82, 2.24) is 0 Å². The Balaban J connectivity index is 1.06. The lowest BCUT2D eigenvalue weighted by atomic mass is 9.68. The molecule has 10 aromatic rings. The van der Waals surface area contributed by atoms with Gasteiger partial charge in [0.05, 0.1) is 16.8 Å². The molecule has 0 saturated carbocycles. The first kappa shape index (κ1) is 36.1. The Morgan fingerprint density at radius 3 is 1.58 bits per heavy atom. The average molecular weight is 790 g/mol. The second-order valence-corrected chi connectivity index (χ2v) is 16.9. The second kappa shape index (κ2) is 14.2. The molecule has 0 fully saturated rings. The lowest BCUT2D eigenvalue weighted by molar-refractivity contribution is 0.714. The molecule has 10 aromatic carbocycles. The smallest absolute Gasteiger partial charge is 0.0714 e. The van der Waals surface area contributed by atoms with E-state index in [2.05, 4.69) is 254 Å². The van der Waals surface area contributed by atoms with Gasteiger partial charge in [-0.05, 0) is 109 Å². The molecular formula is C61H43N. The van der Waals surface area contributed by atoms with Crippen LogP contribution in [0.2, 0.25) is 0 Å². The fourth-order valence-electron chi connectivity index (χ4n) is 11.0. The minimum atomic E-state index is -0.500. The van der Waals surface area contributed by atoms with Crippen LogP contribution in [0, 0.1) is 0 Å². The van der Waals surface area contributed by atoms with Crippen LogP contribution in [0.1, 0.15) is 45.9 Å². The monoisotopic (exact) mass is 789 g/mol. The van der Waals surface area contributed by atoms with Crippen LogP contribution >= 0.6 is 0 Å². The number of nitrogens with zero attached hydrogens (tertiary/aromatic N) is 1. The van der Waals surface area contributed by atoms with Gasteiger partial charge >= 0.3 is 0 Å². The number of benzene rings is 10. The third-order valence-corrected chi connectivity index (χ3v) is 13.8. The van der Waals surface area contributed by atoms with Crippen molar-refractivity contribution < 1.29 is 0 Å². The minimum Gasteiger partial charge on any atom is -0.309 e. The average Bonchev–Trinajstić information content (AvgIpc) is 3.80. The normalized spacial score (nSPS) is 15.4. The van der Waals surface area contributed by atoms with E-state index in [1.165, 1.54) is 83.1 Å². The highest BCUT2D eigenvalue weighted by molar-refractivity contribution is 6.03. The molecule has 0 aliphatic heterocycles. The summed E-state index contributed by atoms with van der Waals surface area (Å²) in [5.41, 5.74) is 19.3. The van der Waals surface area contributed by atoms with Crippen molar-refractivity contribution in [3.8, 4) is 33.4 Å². The van der Waals surface area contributed by atoms with Crippen molar-refractivity contribution >= 4 is 27.8 Å². The summed E-state index contributed by atoms with van der Waals surface area (Å²) >= 11 is 0. The molecule has 0 saturated heterocycles. The standard InChI is InChI=1S/C61H43N/c1-60(45-21-5-2-6-22-45)53-30-15-13-28-50(53)51-40-37-44(41-56(51)60)42-35-38-48(39-36-42)62(57-33-17-20-43-19-11-12-27-49(43)57)58-34-18-32-55-59(58)52-29-14-16-31-54(52)61(55,46-23-7-3-8-24-46)47-25-9-4-10-26-47/h2-41H,1H3. The molecule has 292 valence electrons. The van der Waals surface area contributed by atoms with Gasteiger partial charge in [0, 0.05) is 22.1 Å². The molecule has 0 spiro atoms. The van der Waals surface area contributed by atoms with Gasteiger partial charge in [-0.3, -0.25) is 0 Å². The van der Waals surface area contributed by atoms with Crippen molar-refractivity contribution in [3.63, 3.8) is 0 Å². The summed E-state index contributed by atoms with van der Waals surface area (Å²) in [4.78, 5) is 2.50. The Hall–Kier alpha value is -7.74. The van der Waals surface area contributed by atoms with Gasteiger partial charge in [-0.2, -0.15) is 0 Å². The molecule has 1 nitrogen and oxygen atoms in total. The molecule has 0 heterocycles. The summed E-state index contributed by atoms with van der Waals surface area (Å²) in [6.45, 7) is 2.39. The van der Waals surface area contributed by atoms with Crippen LogP contribution in [0.4, 0.5) is 17.1 Å². The Morgan fingerprint density at radius 2 is 0.855 bits per heavy atom. The van der Waals surface area contributed by atoms with Crippen molar-refractivity contribution in [1.29, 1.82) is 0 Å². The zero-order valence-electron chi connectivity index (χ0n) is 34.5. The molecule has 12 rings (SSSR count). The largest absolute Gasteiger partial charge is 0.309 e. The molecule has 2 aliphatic rings. The molecule has 0 aromatic heterocycles. The summed E-state index contributed by atoms with van der Waals surface area (Å²) in [5, 5.41) is 2.42. The number of fused-ring (bicyclic) bond motifs is 7. The van der Waals surface area contributed by atoms with E-state index in [-0.39, 0.29) is 5.41 Å². The van der Waals surface area contributed by atoms with Crippen LogP contribution < -0.4 is 4.90 Å². The summed E-state index contributed by atoms with van der Waals surface area (Å²) in [7, 11) is 0. The molecule has 1 atom stereocenters. The van der Waals surface area contributed by atoms with E-state index in [0.717, 1.165) is 17.1 Å². The van der Waals surface area contributed by atoms with Gasteiger partial charge in [-0.25, -0.2) is 0 Å². The number of hydrogen-bond donors (Lipinski definition) is 0. The predicted octanol–water partition coefficient (Wildman–Crippen LogP) is 15.7. The first-order valence-corrected chi connectivity index (χ1v) is 21.7. The maximum Gasteiger partial charge on any atom is 0.0714 e. The zero-order chi connectivity index (χ0) is 41.3. The lowest BCUT2D eigenvalue weighted by Crippen LogP contribution is -2.28. The molecule has 0 amide bonds. The summed E-state index contributed by atoms with van der Waals surface area (Å²) < 4.78 is 0. The van der Waals surface area contributed by atoms with E-state index in [9.17, 15) is 0 Å². The first-order chi connectivity index (χ1) is 30.7. The van der Waals surface area contributed by atoms with Gasteiger partial charge < -0.3 is 4.90 Å². The van der Waals surface area contributed by atoms with Crippen LogP contribution in [-0.4, -0.2) is 0 Å². The SMILES string of the molecule is CC1(c2ccccc2)c2ccccc2-c2ccc(-c3ccc(N(c4cccc5c4-c4ccccc4C5(c4ccccc4)c4ccccc4)c4cccc5ccccc45)cc3)cc21. The Labute approximate surface area is 363 Å². The van der Waals surface area contributed by atoms with Crippen LogP contribution in [0.15, 0.2) is 243 Å². The molecule has 0 N–H and O–H groups in total.